The van der Waals surface area contributed by atoms with Crippen molar-refractivity contribution in [2.45, 2.75) is 47.6 Å². The number of hydrogen-bond donors (Lipinski definition) is 1. The Kier molecular flexibility index (Phi) is 8.55. The molecule has 6 nitrogen and oxygen atoms in total. The molecule has 0 bridgehead atoms. The third-order valence-corrected chi connectivity index (χ3v) is 3.30. The number of carbonyl (C=O) groups excluding carboxylic acids is 2. The molecule has 2 aromatic rings. The summed E-state index contributed by atoms with van der Waals surface area (Å²) in [6.45, 7) is 11.2. The third kappa shape index (κ3) is 5.44. The Balaban J connectivity index is 0.00000163. The van der Waals surface area contributed by atoms with Crippen LogP contribution in [0, 0.1) is 6.92 Å². The fourth-order valence-corrected chi connectivity index (χ4v) is 2.39. The lowest BCUT2D eigenvalue weighted by Crippen LogP contribution is -2.31. The molecule has 0 atom stereocenters. The van der Waals surface area contributed by atoms with Crippen LogP contribution in [0.5, 0.6) is 5.75 Å². The second-order valence-corrected chi connectivity index (χ2v) is 5.64. The Hall–Kier alpha value is -2.63. The predicted molar refractivity (Wildman–Crippen MR) is 103 cm³/mol. The first-order valence-corrected chi connectivity index (χ1v) is 8.92. The van der Waals surface area contributed by atoms with Gasteiger partial charge < -0.3 is 14.8 Å². The quantitative estimate of drug-likeness (QED) is 0.796. The minimum Gasteiger partial charge on any atom is -0.479 e. The molecule has 0 aliphatic rings. The largest absolute Gasteiger partial charge is 0.479 e. The highest BCUT2D eigenvalue weighted by Crippen LogP contribution is 2.30. The van der Waals surface area contributed by atoms with Crippen LogP contribution in [0.4, 0.5) is 0 Å². The van der Waals surface area contributed by atoms with Gasteiger partial charge in [-0.2, -0.15) is 0 Å². The molecule has 2 rings (SSSR count). The standard InChI is InChI=1S/C18H22N2O4.C2H6/c1-5-23-15(21)10-24-17-12(4)20-14-9-7-6-8-13(14)16(17)18(22)19-11(2)3;1-2/h6-9,11H,5,10H2,1-4H3,(H,19,22);1-2H3. The van der Waals surface area contributed by atoms with Gasteiger partial charge in [-0.1, -0.05) is 32.0 Å². The molecule has 0 saturated carbocycles. The normalized spacial score (nSPS) is 10.1. The van der Waals surface area contributed by atoms with Crippen LogP contribution in [0.2, 0.25) is 0 Å². The van der Waals surface area contributed by atoms with Crippen LogP contribution in [0.15, 0.2) is 24.3 Å². The van der Waals surface area contributed by atoms with E-state index in [4.69, 9.17) is 9.47 Å². The average Bonchev–Trinajstić information content (AvgIpc) is 2.60. The molecule has 0 aliphatic carbocycles. The van der Waals surface area contributed by atoms with Crippen LogP contribution in [-0.2, 0) is 9.53 Å². The van der Waals surface area contributed by atoms with Crippen molar-refractivity contribution in [3.8, 4) is 5.75 Å². The molecule has 26 heavy (non-hydrogen) atoms. The minimum atomic E-state index is -0.486. The smallest absolute Gasteiger partial charge is 0.344 e. The average molecular weight is 360 g/mol. The van der Waals surface area contributed by atoms with Crippen LogP contribution in [0.3, 0.4) is 0 Å². The number of ether oxygens (including phenoxy) is 2. The van der Waals surface area contributed by atoms with Crippen LogP contribution < -0.4 is 10.1 Å². The summed E-state index contributed by atoms with van der Waals surface area (Å²) in [6.07, 6.45) is 0. The van der Waals surface area contributed by atoms with Crippen molar-refractivity contribution in [2.24, 2.45) is 0 Å². The van der Waals surface area contributed by atoms with Crippen molar-refractivity contribution in [3.05, 3.63) is 35.5 Å². The van der Waals surface area contributed by atoms with Crippen molar-refractivity contribution < 1.29 is 19.1 Å². The third-order valence-electron chi connectivity index (χ3n) is 3.30. The number of amides is 1. The van der Waals surface area contributed by atoms with Gasteiger partial charge in [-0.15, -0.1) is 0 Å². The van der Waals surface area contributed by atoms with Gasteiger partial charge in [-0.3, -0.25) is 4.79 Å². The van der Waals surface area contributed by atoms with Gasteiger partial charge in [-0.25, -0.2) is 9.78 Å². The van der Waals surface area contributed by atoms with E-state index >= 15 is 0 Å². The number of rotatable bonds is 6. The van der Waals surface area contributed by atoms with E-state index in [9.17, 15) is 9.59 Å². The lowest BCUT2D eigenvalue weighted by atomic mass is 10.1. The summed E-state index contributed by atoms with van der Waals surface area (Å²) in [7, 11) is 0. The molecule has 1 heterocycles. The second-order valence-electron chi connectivity index (χ2n) is 5.64. The molecular formula is C20H28N2O4. The van der Waals surface area contributed by atoms with Gasteiger partial charge in [0.25, 0.3) is 5.91 Å². The van der Waals surface area contributed by atoms with E-state index < -0.39 is 5.97 Å². The first-order chi connectivity index (χ1) is 12.4. The van der Waals surface area contributed by atoms with E-state index in [1.54, 1.807) is 13.8 Å². The van der Waals surface area contributed by atoms with E-state index in [2.05, 4.69) is 10.3 Å². The maximum atomic E-state index is 12.7. The fourth-order valence-electron chi connectivity index (χ4n) is 2.39. The zero-order valence-electron chi connectivity index (χ0n) is 16.4. The summed E-state index contributed by atoms with van der Waals surface area (Å²) in [5.74, 6) is -0.439. The highest BCUT2D eigenvalue weighted by Gasteiger charge is 2.21. The van der Waals surface area contributed by atoms with Gasteiger partial charge in [0, 0.05) is 11.4 Å². The van der Waals surface area contributed by atoms with E-state index in [1.165, 1.54) is 0 Å². The Morgan fingerprint density at radius 1 is 1.19 bits per heavy atom. The fraction of sp³-hybridized carbons (Fsp3) is 0.450. The molecule has 0 radical (unpaired) electrons. The maximum Gasteiger partial charge on any atom is 0.344 e. The first-order valence-electron chi connectivity index (χ1n) is 8.92. The zero-order chi connectivity index (χ0) is 19.7. The Bertz CT molecular complexity index is 757. The molecule has 1 aromatic carbocycles. The lowest BCUT2D eigenvalue weighted by Gasteiger charge is -2.17. The number of aromatic nitrogens is 1. The number of carbonyl (C=O) groups is 2. The van der Waals surface area contributed by atoms with Crippen LogP contribution in [0.1, 0.15) is 50.7 Å². The monoisotopic (exact) mass is 360 g/mol. The van der Waals surface area contributed by atoms with Gasteiger partial charge in [0.2, 0.25) is 0 Å². The summed E-state index contributed by atoms with van der Waals surface area (Å²) in [5.41, 5.74) is 1.63. The number of para-hydroxylation sites is 1. The molecule has 0 fully saturated rings. The molecule has 0 unspecified atom stereocenters. The number of pyridine rings is 1. The van der Waals surface area contributed by atoms with E-state index in [0.29, 0.717) is 27.9 Å². The summed E-state index contributed by atoms with van der Waals surface area (Å²) in [4.78, 5) is 28.7. The van der Waals surface area contributed by atoms with Gasteiger partial charge >= 0.3 is 5.97 Å². The SMILES string of the molecule is CC.CCOC(=O)COc1c(C)nc2ccccc2c1C(=O)NC(C)C. The van der Waals surface area contributed by atoms with Gasteiger partial charge in [0.1, 0.15) is 0 Å². The van der Waals surface area contributed by atoms with Gasteiger partial charge in [0.15, 0.2) is 12.4 Å². The number of nitrogens with zero attached hydrogens (tertiary/aromatic N) is 1. The van der Waals surface area contributed by atoms with Crippen molar-refractivity contribution in [3.63, 3.8) is 0 Å². The number of aryl methyl sites for hydroxylation is 1. The van der Waals surface area contributed by atoms with E-state index in [0.717, 1.165) is 0 Å². The predicted octanol–water partition coefficient (Wildman–Crippen LogP) is 3.65. The molecule has 1 aromatic heterocycles. The number of esters is 1. The summed E-state index contributed by atoms with van der Waals surface area (Å²) in [6, 6.07) is 7.32. The number of benzene rings is 1. The summed E-state index contributed by atoms with van der Waals surface area (Å²) >= 11 is 0. The van der Waals surface area contributed by atoms with E-state index in [-0.39, 0.29) is 25.2 Å². The van der Waals surface area contributed by atoms with E-state index in [1.807, 2.05) is 52.0 Å². The van der Waals surface area contributed by atoms with Crippen molar-refractivity contribution in [2.75, 3.05) is 13.2 Å². The Labute approximate surface area is 154 Å². The number of fused-ring (bicyclic) bond motifs is 1. The van der Waals surface area contributed by atoms with Crippen molar-refractivity contribution in [1.29, 1.82) is 0 Å². The second kappa shape index (κ2) is 10.4. The van der Waals surface area contributed by atoms with Gasteiger partial charge in [0.05, 0.1) is 23.4 Å². The Morgan fingerprint density at radius 2 is 1.85 bits per heavy atom. The highest BCUT2D eigenvalue weighted by molar-refractivity contribution is 6.09. The Morgan fingerprint density at radius 3 is 2.46 bits per heavy atom. The molecular weight excluding hydrogens is 332 g/mol. The van der Waals surface area contributed by atoms with Gasteiger partial charge in [-0.05, 0) is 33.8 Å². The van der Waals surface area contributed by atoms with Crippen LogP contribution in [-0.4, -0.2) is 36.1 Å². The zero-order valence-corrected chi connectivity index (χ0v) is 16.4. The van der Waals surface area contributed by atoms with Crippen LogP contribution in [0.25, 0.3) is 10.9 Å². The maximum absolute atomic E-state index is 12.7. The summed E-state index contributed by atoms with van der Waals surface area (Å²) in [5, 5.41) is 3.55. The molecule has 6 heteroatoms. The van der Waals surface area contributed by atoms with Crippen molar-refractivity contribution in [1.82, 2.24) is 10.3 Å². The molecule has 0 aliphatic heterocycles. The topological polar surface area (TPSA) is 77.5 Å². The number of nitrogens with one attached hydrogen (secondary N) is 1. The number of hydrogen-bond acceptors (Lipinski definition) is 5. The molecule has 0 spiro atoms. The molecule has 142 valence electrons. The highest BCUT2D eigenvalue weighted by atomic mass is 16.6. The minimum absolute atomic E-state index is 0.0253. The molecule has 1 amide bonds. The lowest BCUT2D eigenvalue weighted by molar-refractivity contribution is -0.145. The summed E-state index contributed by atoms with van der Waals surface area (Å²) < 4.78 is 10.5. The first kappa shape index (κ1) is 21.4. The van der Waals surface area contributed by atoms with Crippen LogP contribution >= 0.6 is 0 Å². The molecule has 1 N–H and O–H groups in total. The molecule has 0 saturated heterocycles. The van der Waals surface area contributed by atoms with Crippen molar-refractivity contribution >= 4 is 22.8 Å².